The number of aliphatic hydroxyl groups excluding tert-OH is 1. The minimum atomic E-state index is -0.657. The predicted octanol–water partition coefficient (Wildman–Crippen LogP) is 7.34. The summed E-state index contributed by atoms with van der Waals surface area (Å²) < 4.78 is 13.8. The standard InChI is InChI=1S/C34H45ClN4O4/c1-33(2,3)43-32(41)39-28-11-10-23(21-38-13-7-6-8-14-38)16-24(28)17-29(39)25-18-30(31(35)27-20-36-19-26(25)27)42-15-9-12-37-34(4,5)22-40/h10-11,16-20,36-37,40H,6-9,12-15,21-22H2,1-5H3. The van der Waals surface area contributed by atoms with Crippen LogP contribution in [-0.2, 0) is 11.3 Å². The molecule has 3 N–H and O–H groups in total. The molecule has 3 heterocycles. The van der Waals surface area contributed by atoms with Gasteiger partial charge in [0, 0.05) is 46.2 Å². The molecule has 1 saturated heterocycles. The third kappa shape index (κ3) is 7.37. The molecule has 1 fully saturated rings. The van der Waals surface area contributed by atoms with Gasteiger partial charge in [0.1, 0.15) is 11.4 Å². The van der Waals surface area contributed by atoms with Gasteiger partial charge in [-0.25, -0.2) is 9.36 Å². The molecule has 0 aliphatic carbocycles. The smallest absolute Gasteiger partial charge is 0.419 e. The molecular formula is C34H45ClN4O4. The first-order valence-electron chi connectivity index (χ1n) is 15.3. The number of ether oxygens (including phenoxy) is 2. The Bertz CT molecular complexity index is 1580. The van der Waals surface area contributed by atoms with E-state index in [4.69, 9.17) is 21.1 Å². The number of hydrogen-bond acceptors (Lipinski definition) is 6. The van der Waals surface area contributed by atoms with E-state index >= 15 is 0 Å². The summed E-state index contributed by atoms with van der Waals surface area (Å²) >= 11 is 6.83. The van der Waals surface area contributed by atoms with Crippen LogP contribution >= 0.6 is 11.6 Å². The maximum absolute atomic E-state index is 13.7. The molecule has 2 aromatic carbocycles. The van der Waals surface area contributed by atoms with Gasteiger partial charge in [0.25, 0.3) is 0 Å². The summed E-state index contributed by atoms with van der Waals surface area (Å²) in [6.45, 7) is 13.9. The molecule has 43 heavy (non-hydrogen) atoms. The first-order valence-corrected chi connectivity index (χ1v) is 15.7. The Hall–Kier alpha value is -3.04. The molecule has 1 aliphatic rings. The average Bonchev–Trinajstić information content (AvgIpc) is 3.59. The Balaban J connectivity index is 1.53. The first-order chi connectivity index (χ1) is 20.5. The number of nitrogens with one attached hydrogen (secondary N) is 2. The number of benzene rings is 2. The van der Waals surface area contributed by atoms with Gasteiger partial charge in [-0.1, -0.05) is 24.1 Å². The van der Waals surface area contributed by atoms with Crippen molar-refractivity contribution in [3.8, 4) is 17.0 Å². The Kier molecular flexibility index (Phi) is 9.42. The van der Waals surface area contributed by atoms with Crippen molar-refractivity contribution >= 4 is 39.4 Å². The fourth-order valence-corrected chi connectivity index (χ4v) is 5.93. The van der Waals surface area contributed by atoms with Crippen molar-refractivity contribution in [2.24, 2.45) is 0 Å². The molecule has 5 rings (SSSR count). The number of halogens is 1. The van der Waals surface area contributed by atoms with Gasteiger partial charge in [0.05, 0.1) is 29.4 Å². The third-order valence-electron chi connectivity index (χ3n) is 7.91. The molecule has 9 heteroatoms. The number of aromatic amines is 1. The maximum atomic E-state index is 13.7. The van der Waals surface area contributed by atoms with Gasteiger partial charge in [0.2, 0.25) is 0 Å². The van der Waals surface area contributed by atoms with Gasteiger partial charge in [0.15, 0.2) is 0 Å². The van der Waals surface area contributed by atoms with Crippen molar-refractivity contribution in [2.45, 2.75) is 78.0 Å². The lowest BCUT2D eigenvalue weighted by Gasteiger charge is -2.26. The molecule has 0 unspecified atom stereocenters. The predicted molar refractivity (Wildman–Crippen MR) is 174 cm³/mol. The van der Waals surface area contributed by atoms with E-state index in [9.17, 15) is 9.90 Å². The molecule has 1 aliphatic heterocycles. The van der Waals surface area contributed by atoms with Crippen LogP contribution in [0, 0.1) is 0 Å². The number of hydrogen-bond donors (Lipinski definition) is 3. The summed E-state index contributed by atoms with van der Waals surface area (Å²) in [6.07, 6.45) is 7.85. The van der Waals surface area contributed by atoms with Gasteiger partial charge in [-0.3, -0.25) is 4.90 Å². The highest BCUT2D eigenvalue weighted by Gasteiger charge is 2.25. The number of fused-ring (bicyclic) bond motifs is 2. The summed E-state index contributed by atoms with van der Waals surface area (Å²) in [5.41, 5.74) is 2.57. The SMILES string of the molecule is CC(C)(CO)NCCCOc1cc(-c2cc3cc(CN4CCCCC4)ccc3n2C(=O)OC(C)(C)C)c2c[nH]cc2c1Cl. The fourth-order valence-electron chi connectivity index (χ4n) is 5.67. The van der Waals surface area contributed by atoms with Crippen LogP contribution in [0.2, 0.25) is 5.02 Å². The van der Waals surface area contributed by atoms with Crippen LogP contribution < -0.4 is 10.1 Å². The van der Waals surface area contributed by atoms with E-state index in [2.05, 4.69) is 33.4 Å². The number of rotatable bonds is 10. The fraction of sp³-hybridized carbons (Fsp3) is 0.500. The molecule has 8 nitrogen and oxygen atoms in total. The van der Waals surface area contributed by atoms with Crippen molar-refractivity contribution in [1.29, 1.82) is 0 Å². The van der Waals surface area contributed by atoms with Crippen LogP contribution in [0.15, 0.2) is 42.7 Å². The van der Waals surface area contributed by atoms with E-state index < -0.39 is 11.7 Å². The van der Waals surface area contributed by atoms with Crippen LogP contribution in [0.1, 0.15) is 65.9 Å². The van der Waals surface area contributed by atoms with E-state index in [1.807, 2.05) is 59.1 Å². The highest BCUT2D eigenvalue weighted by molar-refractivity contribution is 6.37. The number of aromatic nitrogens is 2. The largest absolute Gasteiger partial charge is 0.492 e. The van der Waals surface area contributed by atoms with E-state index in [0.29, 0.717) is 23.9 Å². The van der Waals surface area contributed by atoms with Crippen LogP contribution in [0.3, 0.4) is 0 Å². The minimum Gasteiger partial charge on any atom is -0.492 e. The highest BCUT2D eigenvalue weighted by Crippen LogP contribution is 2.42. The number of H-pyrrole nitrogens is 1. The second-order valence-electron chi connectivity index (χ2n) is 13.3. The van der Waals surface area contributed by atoms with Crippen molar-refractivity contribution < 1.29 is 19.4 Å². The minimum absolute atomic E-state index is 0.0542. The van der Waals surface area contributed by atoms with Gasteiger partial charge in [-0.2, -0.15) is 0 Å². The second kappa shape index (κ2) is 12.9. The lowest BCUT2D eigenvalue weighted by Crippen LogP contribution is -2.43. The summed E-state index contributed by atoms with van der Waals surface area (Å²) in [6, 6.07) is 10.3. The molecule has 0 bridgehead atoms. The number of carbonyl (C=O) groups excluding carboxylic acids is 1. The Labute approximate surface area is 259 Å². The molecule has 0 atom stereocenters. The Morgan fingerprint density at radius 1 is 1.05 bits per heavy atom. The Morgan fingerprint density at radius 2 is 1.79 bits per heavy atom. The number of nitrogens with zero attached hydrogens (tertiary/aromatic N) is 2. The van der Waals surface area contributed by atoms with Crippen LogP contribution in [0.5, 0.6) is 5.75 Å². The second-order valence-corrected chi connectivity index (χ2v) is 13.6. The highest BCUT2D eigenvalue weighted by atomic mass is 35.5. The van der Waals surface area contributed by atoms with Crippen molar-refractivity contribution in [3.63, 3.8) is 0 Å². The zero-order chi connectivity index (χ0) is 30.8. The number of carbonyl (C=O) groups is 1. The van der Waals surface area contributed by atoms with Crippen LogP contribution in [0.4, 0.5) is 4.79 Å². The summed E-state index contributed by atoms with van der Waals surface area (Å²) in [5.74, 6) is 0.553. The normalized spacial score (nSPS) is 15.0. The molecule has 4 aromatic rings. The van der Waals surface area contributed by atoms with Gasteiger partial charge in [-0.15, -0.1) is 0 Å². The number of piperidine rings is 1. The van der Waals surface area contributed by atoms with Crippen LogP contribution in [-0.4, -0.2) is 69.6 Å². The summed E-state index contributed by atoms with van der Waals surface area (Å²) in [4.78, 5) is 19.4. The van der Waals surface area contributed by atoms with Crippen molar-refractivity contribution in [2.75, 3.05) is 32.8 Å². The average molecular weight is 609 g/mol. The van der Waals surface area contributed by atoms with E-state index in [-0.39, 0.29) is 12.1 Å². The van der Waals surface area contributed by atoms with Crippen LogP contribution in [0.25, 0.3) is 32.9 Å². The third-order valence-corrected chi connectivity index (χ3v) is 8.30. The molecule has 0 spiro atoms. The molecular weight excluding hydrogens is 564 g/mol. The zero-order valence-electron chi connectivity index (χ0n) is 26.1. The quantitative estimate of drug-likeness (QED) is 0.163. The number of likely N-dealkylation sites (tertiary alicyclic amines) is 1. The lowest BCUT2D eigenvalue weighted by atomic mass is 10.0. The molecule has 232 valence electrons. The summed E-state index contributed by atoms with van der Waals surface area (Å²) in [5, 5.41) is 16.0. The zero-order valence-corrected chi connectivity index (χ0v) is 26.8. The van der Waals surface area contributed by atoms with E-state index in [0.717, 1.165) is 59.0 Å². The molecule has 0 amide bonds. The van der Waals surface area contributed by atoms with Gasteiger partial charge in [-0.05, 0) is 103 Å². The molecule has 0 saturated carbocycles. The topological polar surface area (TPSA) is 91.8 Å². The summed E-state index contributed by atoms with van der Waals surface area (Å²) in [7, 11) is 0. The molecule has 0 radical (unpaired) electrons. The maximum Gasteiger partial charge on any atom is 0.419 e. The molecule has 2 aromatic heterocycles. The van der Waals surface area contributed by atoms with Gasteiger partial charge < -0.3 is 24.9 Å². The first kappa shape index (κ1) is 31.4. The number of aliphatic hydroxyl groups is 1. The van der Waals surface area contributed by atoms with E-state index in [1.165, 1.54) is 24.8 Å². The van der Waals surface area contributed by atoms with E-state index in [1.54, 1.807) is 4.57 Å². The van der Waals surface area contributed by atoms with Crippen molar-refractivity contribution in [3.05, 3.63) is 53.3 Å². The lowest BCUT2D eigenvalue weighted by molar-refractivity contribution is 0.0547. The van der Waals surface area contributed by atoms with Crippen molar-refractivity contribution in [1.82, 2.24) is 19.8 Å². The monoisotopic (exact) mass is 608 g/mol. The Morgan fingerprint density at radius 3 is 2.51 bits per heavy atom. The van der Waals surface area contributed by atoms with Gasteiger partial charge >= 0.3 is 6.09 Å².